The Kier molecular flexibility index (Phi) is 5.04. The smallest absolute Gasteiger partial charge is 0.224 e. The molecule has 19 heavy (non-hydrogen) atoms. The molecule has 3 heteroatoms. The number of amides is 1. The van der Waals surface area contributed by atoms with Gasteiger partial charge in [-0.05, 0) is 31.9 Å². The van der Waals surface area contributed by atoms with Gasteiger partial charge < -0.3 is 4.90 Å². The first-order valence-electron chi connectivity index (χ1n) is 6.99. The molecule has 0 bridgehead atoms. The lowest BCUT2D eigenvalue weighted by Gasteiger charge is -2.28. The summed E-state index contributed by atoms with van der Waals surface area (Å²) in [5.41, 5.74) is 0. The second kappa shape index (κ2) is 6.77. The van der Waals surface area contributed by atoms with Crippen molar-refractivity contribution >= 4 is 17.2 Å². The summed E-state index contributed by atoms with van der Waals surface area (Å²) in [5.74, 6) is 2.79. The number of aryl methyl sites for hydroxylation is 1. The lowest BCUT2D eigenvalue weighted by Crippen LogP contribution is -2.37. The van der Waals surface area contributed by atoms with Gasteiger partial charge in [0.15, 0.2) is 0 Å². The molecule has 0 saturated heterocycles. The van der Waals surface area contributed by atoms with Crippen LogP contribution in [0, 0.1) is 19.3 Å². The highest BCUT2D eigenvalue weighted by Gasteiger charge is 2.26. The molecule has 2 nitrogen and oxygen atoms in total. The number of nitrogens with zero attached hydrogens (tertiary/aromatic N) is 1. The van der Waals surface area contributed by atoms with Crippen LogP contribution in [0.15, 0.2) is 12.1 Å². The van der Waals surface area contributed by atoms with Gasteiger partial charge >= 0.3 is 0 Å². The Morgan fingerprint density at radius 3 is 2.79 bits per heavy atom. The maximum absolute atomic E-state index is 12.3. The zero-order chi connectivity index (χ0) is 13.7. The normalized spacial score (nSPS) is 15.4. The molecule has 0 radical (unpaired) electrons. The average molecular weight is 275 g/mol. The first-order chi connectivity index (χ1) is 9.20. The SMILES string of the molecule is C#CCCC(=O)N(Cc1ccc(C)s1)C1CCCC1. The maximum atomic E-state index is 12.3. The summed E-state index contributed by atoms with van der Waals surface area (Å²) in [4.78, 5) is 17.0. The van der Waals surface area contributed by atoms with Crippen molar-refractivity contribution in [1.29, 1.82) is 0 Å². The van der Waals surface area contributed by atoms with E-state index < -0.39 is 0 Å². The van der Waals surface area contributed by atoms with Crippen LogP contribution < -0.4 is 0 Å². The predicted octanol–water partition coefficient (Wildman–Crippen LogP) is 3.74. The molecule has 1 aromatic heterocycles. The largest absolute Gasteiger partial charge is 0.335 e. The molecule has 1 aromatic rings. The molecule has 1 aliphatic carbocycles. The predicted molar refractivity (Wildman–Crippen MR) is 79.9 cm³/mol. The van der Waals surface area contributed by atoms with Crippen molar-refractivity contribution in [2.24, 2.45) is 0 Å². The minimum absolute atomic E-state index is 0.218. The summed E-state index contributed by atoms with van der Waals surface area (Å²) < 4.78 is 0. The molecular weight excluding hydrogens is 254 g/mol. The van der Waals surface area contributed by atoms with E-state index in [2.05, 4.69) is 29.9 Å². The molecule has 1 aliphatic rings. The second-order valence-electron chi connectivity index (χ2n) is 5.18. The quantitative estimate of drug-likeness (QED) is 0.750. The third-order valence-electron chi connectivity index (χ3n) is 3.69. The third-order valence-corrected chi connectivity index (χ3v) is 4.68. The molecule has 0 N–H and O–H groups in total. The number of terminal acetylenes is 1. The van der Waals surface area contributed by atoms with Crippen molar-refractivity contribution in [3.8, 4) is 12.3 Å². The van der Waals surface area contributed by atoms with Gasteiger partial charge in [-0.3, -0.25) is 4.79 Å². The van der Waals surface area contributed by atoms with E-state index in [0.717, 1.165) is 19.4 Å². The van der Waals surface area contributed by atoms with Crippen LogP contribution in [0.1, 0.15) is 48.3 Å². The summed E-state index contributed by atoms with van der Waals surface area (Å²) in [6, 6.07) is 4.68. The van der Waals surface area contributed by atoms with Crippen molar-refractivity contribution in [2.45, 2.75) is 58.0 Å². The Hall–Kier alpha value is -1.27. The highest BCUT2D eigenvalue weighted by atomic mass is 32.1. The molecule has 0 aromatic carbocycles. The molecule has 2 rings (SSSR count). The topological polar surface area (TPSA) is 20.3 Å². The number of carbonyl (C=O) groups is 1. The van der Waals surface area contributed by atoms with Crippen LogP contribution in [0.25, 0.3) is 0 Å². The number of hydrogen-bond acceptors (Lipinski definition) is 2. The third kappa shape index (κ3) is 3.84. The highest BCUT2D eigenvalue weighted by Crippen LogP contribution is 2.27. The molecule has 1 amide bonds. The molecular formula is C16H21NOS. The summed E-state index contributed by atoms with van der Waals surface area (Å²) in [6.07, 6.45) is 11.1. The number of carbonyl (C=O) groups excluding carboxylic acids is 1. The van der Waals surface area contributed by atoms with E-state index in [1.54, 1.807) is 11.3 Å². The van der Waals surface area contributed by atoms with Gasteiger partial charge in [-0.15, -0.1) is 23.7 Å². The number of thiophene rings is 1. The van der Waals surface area contributed by atoms with Gasteiger partial charge in [0.2, 0.25) is 5.91 Å². The van der Waals surface area contributed by atoms with Crippen molar-refractivity contribution in [2.75, 3.05) is 0 Å². The zero-order valence-electron chi connectivity index (χ0n) is 11.5. The van der Waals surface area contributed by atoms with E-state index in [0.29, 0.717) is 18.9 Å². The van der Waals surface area contributed by atoms with Crippen molar-refractivity contribution in [3.63, 3.8) is 0 Å². The number of hydrogen-bond donors (Lipinski definition) is 0. The Balaban J connectivity index is 2.05. The standard InChI is InChI=1S/C16H21NOS/c1-3-4-9-16(18)17(14-7-5-6-8-14)12-15-11-10-13(2)19-15/h1,10-11,14H,4-9,12H2,2H3. The van der Waals surface area contributed by atoms with Gasteiger partial charge in [0.1, 0.15) is 0 Å². The summed E-state index contributed by atoms with van der Waals surface area (Å²) in [5, 5.41) is 0. The van der Waals surface area contributed by atoms with Gasteiger partial charge in [0.05, 0.1) is 6.54 Å². The summed E-state index contributed by atoms with van der Waals surface area (Å²) >= 11 is 1.78. The van der Waals surface area contributed by atoms with Gasteiger partial charge in [-0.25, -0.2) is 0 Å². The van der Waals surface area contributed by atoms with Gasteiger partial charge in [-0.2, -0.15) is 0 Å². The monoisotopic (exact) mass is 275 g/mol. The van der Waals surface area contributed by atoms with Crippen LogP contribution in [-0.2, 0) is 11.3 Å². The van der Waals surface area contributed by atoms with Gasteiger partial charge in [0, 0.05) is 28.6 Å². The molecule has 0 unspecified atom stereocenters. The molecule has 0 aliphatic heterocycles. The van der Waals surface area contributed by atoms with Crippen molar-refractivity contribution in [1.82, 2.24) is 4.90 Å². The lowest BCUT2D eigenvalue weighted by molar-refractivity contribution is -0.134. The van der Waals surface area contributed by atoms with Crippen molar-refractivity contribution in [3.05, 3.63) is 21.9 Å². The van der Waals surface area contributed by atoms with E-state index in [4.69, 9.17) is 6.42 Å². The van der Waals surface area contributed by atoms with Crippen molar-refractivity contribution < 1.29 is 4.79 Å². The minimum Gasteiger partial charge on any atom is -0.335 e. The second-order valence-corrected chi connectivity index (χ2v) is 6.55. The molecule has 0 spiro atoms. The van der Waals surface area contributed by atoms with Crippen LogP contribution in [0.3, 0.4) is 0 Å². The minimum atomic E-state index is 0.218. The first-order valence-corrected chi connectivity index (χ1v) is 7.80. The maximum Gasteiger partial charge on any atom is 0.224 e. The fourth-order valence-electron chi connectivity index (χ4n) is 2.70. The van der Waals surface area contributed by atoms with E-state index in [-0.39, 0.29) is 5.91 Å². The Morgan fingerprint density at radius 1 is 1.47 bits per heavy atom. The Labute approximate surface area is 119 Å². The lowest BCUT2D eigenvalue weighted by atomic mass is 10.1. The van der Waals surface area contributed by atoms with E-state index in [9.17, 15) is 4.79 Å². The fraction of sp³-hybridized carbons (Fsp3) is 0.562. The molecule has 0 atom stereocenters. The van der Waals surface area contributed by atoms with E-state index >= 15 is 0 Å². The fourth-order valence-corrected chi connectivity index (χ4v) is 3.59. The van der Waals surface area contributed by atoms with Crippen LogP contribution in [0.5, 0.6) is 0 Å². The summed E-state index contributed by atoms with van der Waals surface area (Å²) in [6.45, 7) is 2.86. The van der Waals surface area contributed by atoms with Crippen LogP contribution in [0.4, 0.5) is 0 Å². The molecule has 1 heterocycles. The van der Waals surface area contributed by atoms with Gasteiger partial charge in [0.25, 0.3) is 0 Å². The van der Waals surface area contributed by atoms with E-state index in [1.807, 2.05) is 0 Å². The zero-order valence-corrected chi connectivity index (χ0v) is 12.3. The van der Waals surface area contributed by atoms with Crippen LogP contribution in [0.2, 0.25) is 0 Å². The Morgan fingerprint density at radius 2 is 2.21 bits per heavy atom. The molecule has 1 saturated carbocycles. The molecule has 102 valence electrons. The van der Waals surface area contributed by atoms with E-state index in [1.165, 1.54) is 22.6 Å². The Bertz CT molecular complexity index is 465. The number of rotatable bonds is 5. The van der Waals surface area contributed by atoms with Crippen LogP contribution >= 0.6 is 11.3 Å². The highest BCUT2D eigenvalue weighted by molar-refractivity contribution is 7.11. The summed E-state index contributed by atoms with van der Waals surface area (Å²) in [7, 11) is 0. The van der Waals surface area contributed by atoms with Gasteiger partial charge in [-0.1, -0.05) is 12.8 Å². The van der Waals surface area contributed by atoms with Crippen LogP contribution in [-0.4, -0.2) is 16.8 Å². The average Bonchev–Trinajstić information content (AvgIpc) is 3.04. The first kappa shape index (κ1) is 14.1. The molecule has 1 fully saturated rings.